The van der Waals surface area contributed by atoms with Gasteiger partial charge in [-0.25, -0.2) is 0 Å². The molecule has 122 valence electrons. The molecule has 22 heavy (non-hydrogen) atoms. The van der Waals surface area contributed by atoms with Crippen molar-refractivity contribution in [2.24, 2.45) is 5.41 Å². The highest BCUT2D eigenvalue weighted by molar-refractivity contribution is 5.32. The molecule has 0 radical (unpaired) electrons. The van der Waals surface area contributed by atoms with E-state index in [2.05, 4.69) is 38.7 Å². The van der Waals surface area contributed by atoms with E-state index in [-0.39, 0.29) is 12.0 Å². The summed E-state index contributed by atoms with van der Waals surface area (Å²) in [4.78, 5) is 0. The third-order valence-corrected chi connectivity index (χ3v) is 4.55. The van der Waals surface area contributed by atoms with Gasteiger partial charge in [-0.15, -0.1) is 0 Å². The molecule has 0 saturated heterocycles. The van der Waals surface area contributed by atoms with Crippen molar-refractivity contribution in [3.8, 4) is 11.8 Å². The first-order valence-electron chi connectivity index (χ1n) is 8.11. The smallest absolute Gasteiger partial charge is 0.136 e. The normalized spacial score (nSPS) is 20.5. The molecule has 1 atom stereocenters. The van der Waals surface area contributed by atoms with E-state index in [1.54, 1.807) is 6.08 Å². The van der Waals surface area contributed by atoms with Crippen LogP contribution >= 0.6 is 0 Å². The molecule has 0 aromatic heterocycles. The zero-order chi connectivity index (χ0) is 16.8. The lowest BCUT2D eigenvalue weighted by molar-refractivity contribution is 0.267. The molecule has 0 aromatic carbocycles. The fraction of sp³-hybridized carbons (Fsp3) is 0.600. The minimum absolute atomic E-state index is 0.0199. The van der Waals surface area contributed by atoms with Crippen molar-refractivity contribution >= 4 is 0 Å². The minimum atomic E-state index is -0.741. The summed E-state index contributed by atoms with van der Waals surface area (Å²) in [6.45, 7) is 10.6. The third-order valence-electron chi connectivity index (χ3n) is 4.55. The SMILES string of the molecule is CC1=C(C/C=C(\C)C(O)C#C/C(C)=C/CO)C(C)(C)CCC1. The van der Waals surface area contributed by atoms with Crippen LogP contribution in [0.1, 0.15) is 60.3 Å². The Balaban J connectivity index is 2.79. The van der Waals surface area contributed by atoms with Crippen LogP contribution in [0, 0.1) is 17.3 Å². The van der Waals surface area contributed by atoms with Gasteiger partial charge in [0.25, 0.3) is 0 Å². The Morgan fingerprint density at radius 3 is 2.59 bits per heavy atom. The quantitative estimate of drug-likeness (QED) is 0.605. The van der Waals surface area contributed by atoms with Crippen LogP contribution < -0.4 is 0 Å². The molecule has 2 N–H and O–H groups in total. The van der Waals surface area contributed by atoms with E-state index in [9.17, 15) is 5.11 Å². The summed E-state index contributed by atoms with van der Waals surface area (Å²) in [5.74, 6) is 5.70. The van der Waals surface area contributed by atoms with Crippen molar-refractivity contribution in [3.63, 3.8) is 0 Å². The maximum atomic E-state index is 10.1. The molecule has 0 aromatic rings. The molecular formula is C20H30O2. The second kappa shape index (κ2) is 8.36. The Kier molecular flexibility index (Phi) is 7.13. The second-order valence-electron chi connectivity index (χ2n) is 6.89. The van der Waals surface area contributed by atoms with Gasteiger partial charge in [-0.3, -0.25) is 0 Å². The molecule has 1 unspecified atom stereocenters. The fourth-order valence-electron chi connectivity index (χ4n) is 2.98. The van der Waals surface area contributed by atoms with Gasteiger partial charge in [0.15, 0.2) is 0 Å². The first kappa shape index (κ1) is 18.7. The summed E-state index contributed by atoms with van der Waals surface area (Å²) >= 11 is 0. The fourth-order valence-corrected chi connectivity index (χ4v) is 2.98. The van der Waals surface area contributed by atoms with E-state index < -0.39 is 6.10 Å². The average Bonchev–Trinajstić information content (AvgIpc) is 2.43. The molecule has 2 nitrogen and oxygen atoms in total. The maximum absolute atomic E-state index is 10.1. The van der Waals surface area contributed by atoms with Crippen LogP contribution in [0.3, 0.4) is 0 Å². The van der Waals surface area contributed by atoms with E-state index in [4.69, 9.17) is 5.11 Å². The summed E-state index contributed by atoms with van der Waals surface area (Å²) < 4.78 is 0. The van der Waals surface area contributed by atoms with Gasteiger partial charge < -0.3 is 10.2 Å². The van der Waals surface area contributed by atoms with E-state index in [0.717, 1.165) is 17.6 Å². The highest BCUT2D eigenvalue weighted by Gasteiger charge is 2.27. The van der Waals surface area contributed by atoms with Crippen molar-refractivity contribution in [1.82, 2.24) is 0 Å². The molecule has 1 aliphatic carbocycles. The highest BCUT2D eigenvalue weighted by Crippen LogP contribution is 2.42. The number of allylic oxidation sites excluding steroid dienone is 4. The van der Waals surface area contributed by atoms with Crippen LogP contribution in [0.4, 0.5) is 0 Å². The molecule has 2 heteroatoms. The molecule has 0 spiro atoms. The van der Waals surface area contributed by atoms with Gasteiger partial charge in [0.1, 0.15) is 6.10 Å². The predicted octanol–water partition coefficient (Wildman–Crippen LogP) is 4.15. The molecule has 0 fully saturated rings. The first-order chi connectivity index (χ1) is 10.3. The van der Waals surface area contributed by atoms with Crippen molar-refractivity contribution < 1.29 is 10.2 Å². The molecule has 0 aliphatic heterocycles. The number of rotatable bonds is 4. The molecule has 0 bridgehead atoms. The van der Waals surface area contributed by atoms with Gasteiger partial charge in [-0.1, -0.05) is 42.9 Å². The van der Waals surface area contributed by atoms with Crippen LogP contribution in [0.15, 0.2) is 34.4 Å². The van der Waals surface area contributed by atoms with Crippen LogP contribution in [0.25, 0.3) is 0 Å². The molecule has 1 aliphatic rings. The predicted molar refractivity (Wildman–Crippen MR) is 93.3 cm³/mol. The van der Waals surface area contributed by atoms with Gasteiger partial charge in [-0.05, 0) is 69.1 Å². The largest absolute Gasteiger partial charge is 0.392 e. The standard InChI is InChI=1S/C20H30O2/c1-15(12-14-21)8-11-19(22)17(3)9-10-18-16(2)7-6-13-20(18,4)5/h9,12,19,21-22H,6-7,10,13-14H2,1-5H3/b15-12+,17-9+. The second-order valence-corrected chi connectivity index (χ2v) is 6.89. The zero-order valence-corrected chi connectivity index (χ0v) is 14.7. The lowest BCUT2D eigenvalue weighted by Gasteiger charge is -2.34. The number of hydrogen-bond donors (Lipinski definition) is 2. The van der Waals surface area contributed by atoms with Crippen molar-refractivity contribution in [2.45, 2.75) is 66.4 Å². The molecule has 0 heterocycles. The van der Waals surface area contributed by atoms with Crippen molar-refractivity contribution in [3.05, 3.63) is 34.4 Å². The lowest BCUT2D eigenvalue weighted by atomic mass is 9.71. The van der Waals surface area contributed by atoms with Gasteiger partial charge in [0.05, 0.1) is 6.61 Å². The molecular weight excluding hydrogens is 272 g/mol. The molecule has 1 rings (SSSR count). The summed E-state index contributed by atoms with van der Waals surface area (Å²) in [7, 11) is 0. The first-order valence-corrected chi connectivity index (χ1v) is 8.11. The monoisotopic (exact) mass is 302 g/mol. The summed E-state index contributed by atoms with van der Waals surface area (Å²) in [5, 5.41) is 18.9. The van der Waals surface area contributed by atoms with Gasteiger partial charge >= 0.3 is 0 Å². The van der Waals surface area contributed by atoms with Gasteiger partial charge in [0, 0.05) is 0 Å². The van der Waals surface area contributed by atoms with Crippen LogP contribution in [0.2, 0.25) is 0 Å². The van der Waals surface area contributed by atoms with Crippen LogP contribution in [-0.2, 0) is 0 Å². The van der Waals surface area contributed by atoms with E-state index in [0.29, 0.717) is 0 Å². The summed E-state index contributed by atoms with van der Waals surface area (Å²) in [5.41, 5.74) is 4.94. The third kappa shape index (κ3) is 5.48. The zero-order valence-electron chi connectivity index (χ0n) is 14.7. The highest BCUT2D eigenvalue weighted by atomic mass is 16.3. The van der Waals surface area contributed by atoms with Gasteiger partial charge in [-0.2, -0.15) is 0 Å². The number of aliphatic hydroxyl groups is 2. The average molecular weight is 302 g/mol. The van der Waals surface area contributed by atoms with E-state index in [1.165, 1.54) is 30.4 Å². The number of aliphatic hydroxyl groups excluding tert-OH is 2. The van der Waals surface area contributed by atoms with Crippen LogP contribution in [0.5, 0.6) is 0 Å². The summed E-state index contributed by atoms with van der Waals surface area (Å²) in [6, 6.07) is 0. The number of hydrogen-bond acceptors (Lipinski definition) is 2. The van der Waals surface area contributed by atoms with E-state index in [1.807, 2.05) is 13.8 Å². The van der Waals surface area contributed by atoms with Crippen molar-refractivity contribution in [1.29, 1.82) is 0 Å². The maximum Gasteiger partial charge on any atom is 0.136 e. The minimum Gasteiger partial charge on any atom is -0.392 e. The molecule has 0 saturated carbocycles. The Morgan fingerprint density at radius 2 is 2.00 bits per heavy atom. The van der Waals surface area contributed by atoms with Crippen LogP contribution in [-0.4, -0.2) is 22.9 Å². The van der Waals surface area contributed by atoms with Crippen molar-refractivity contribution in [2.75, 3.05) is 6.61 Å². The topological polar surface area (TPSA) is 40.5 Å². The molecule has 0 amide bonds. The summed E-state index contributed by atoms with van der Waals surface area (Å²) in [6.07, 6.45) is 7.60. The lowest BCUT2D eigenvalue weighted by Crippen LogP contribution is -2.20. The Bertz CT molecular complexity index is 536. The Labute approximate surface area is 135 Å². The van der Waals surface area contributed by atoms with Gasteiger partial charge in [0.2, 0.25) is 0 Å². The Hall–Kier alpha value is -1.30. The van der Waals surface area contributed by atoms with E-state index >= 15 is 0 Å². The Morgan fingerprint density at radius 1 is 1.32 bits per heavy atom.